The molecule has 0 aliphatic heterocycles. The molecule has 0 bridgehead atoms. The summed E-state index contributed by atoms with van der Waals surface area (Å²) in [6, 6.07) is 2.70. The Morgan fingerprint density at radius 2 is 1.71 bits per heavy atom. The lowest BCUT2D eigenvalue weighted by molar-refractivity contribution is -0.384. The lowest BCUT2D eigenvalue weighted by Gasteiger charge is -2.07. The first-order valence-electron chi connectivity index (χ1n) is 8.25. The minimum atomic E-state index is -0.573. The molecule has 0 fully saturated rings. The normalized spacial score (nSPS) is 11.2. The fourth-order valence-corrected chi connectivity index (χ4v) is 2.46. The van der Waals surface area contributed by atoms with E-state index in [4.69, 9.17) is 5.73 Å². The standard InChI is InChI=1S/C16H22N8O4/c1-18-16(17)20-5-4-19-14(25)12-6-10(8-22(12)2)21-15(26)13-7-11(24(27)28)9-23(13)3/h6-9H,4-5H2,1-3H3,(H,19,25)(H,21,26)(H3,17,18,20). The summed E-state index contributed by atoms with van der Waals surface area (Å²) in [4.78, 5) is 38.6. The second-order valence-corrected chi connectivity index (χ2v) is 5.92. The van der Waals surface area contributed by atoms with E-state index in [0.29, 0.717) is 24.5 Å². The number of nitrogens with two attached hydrogens (primary N) is 1. The predicted octanol–water partition coefficient (Wildman–Crippen LogP) is -0.212. The quantitative estimate of drug-likeness (QED) is 0.168. The smallest absolute Gasteiger partial charge is 0.287 e. The SMILES string of the molecule is CN=C(N)NCCNC(=O)c1cc(NC(=O)c2cc([N+](=O)[O-])cn2C)cn1C. The Labute approximate surface area is 160 Å². The van der Waals surface area contributed by atoms with E-state index in [-0.39, 0.29) is 23.2 Å². The van der Waals surface area contributed by atoms with Gasteiger partial charge in [0.05, 0.1) is 16.8 Å². The van der Waals surface area contributed by atoms with Crippen molar-refractivity contribution in [2.24, 2.45) is 24.8 Å². The van der Waals surface area contributed by atoms with Crippen molar-refractivity contribution in [3.05, 3.63) is 46.0 Å². The van der Waals surface area contributed by atoms with Crippen LogP contribution in [-0.2, 0) is 14.1 Å². The molecular weight excluding hydrogens is 368 g/mol. The summed E-state index contributed by atoms with van der Waals surface area (Å²) in [5.41, 5.74) is 6.17. The molecule has 0 spiro atoms. The number of guanidine groups is 1. The Morgan fingerprint density at radius 3 is 2.32 bits per heavy atom. The summed E-state index contributed by atoms with van der Waals surface area (Å²) in [7, 11) is 4.75. The maximum atomic E-state index is 12.4. The van der Waals surface area contributed by atoms with Gasteiger partial charge in [-0.1, -0.05) is 0 Å². The van der Waals surface area contributed by atoms with E-state index < -0.39 is 10.8 Å². The Kier molecular flexibility index (Phi) is 6.37. The van der Waals surface area contributed by atoms with Crippen LogP contribution in [0.2, 0.25) is 0 Å². The molecule has 12 heteroatoms. The number of rotatable bonds is 7. The highest BCUT2D eigenvalue weighted by Gasteiger charge is 2.19. The molecule has 150 valence electrons. The van der Waals surface area contributed by atoms with Crippen molar-refractivity contribution in [2.45, 2.75) is 0 Å². The van der Waals surface area contributed by atoms with Gasteiger partial charge < -0.3 is 30.8 Å². The van der Waals surface area contributed by atoms with Crippen LogP contribution < -0.4 is 21.7 Å². The van der Waals surface area contributed by atoms with Crippen molar-refractivity contribution >= 4 is 29.1 Å². The van der Waals surface area contributed by atoms with E-state index in [1.165, 1.54) is 29.9 Å². The van der Waals surface area contributed by atoms with E-state index in [0.717, 1.165) is 0 Å². The monoisotopic (exact) mass is 390 g/mol. The Hall–Kier alpha value is -3.83. The number of anilines is 1. The third-order valence-electron chi connectivity index (χ3n) is 3.89. The molecule has 12 nitrogen and oxygen atoms in total. The van der Waals surface area contributed by atoms with Crippen molar-refractivity contribution in [1.82, 2.24) is 19.8 Å². The number of hydrogen-bond donors (Lipinski definition) is 4. The first-order valence-corrected chi connectivity index (χ1v) is 8.25. The summed E-state index contributed by atoms with van der Waals surface area (Å²) in [6.45, 7) is 0.740. The molecule has 0 aliphatic rings. The molecule has 0 atom stereocenters. The number of amides is 2. The molecule has 0 saturated carbocycles. The van der Waals surface area contributed by atoms with Gasteiger partial charge in [-0.25, -0.2) is 0 Å². The third kappa shape index (κ3) is 4.87. The molecule has 2 heterocycles. The molecule has 2 amide bonds. The Balaban J connectivity index is 2.00. The molecule has 5 N–H and O–H groups in total. The van der Waals surface area contributed by atoms with Gasteiger partial charge >= 0.3 is 0 Å². The number of hydrogen-bond acceptors (Lipinski definition) is 5. The summed E-state index contributed by atoms with van der Waals surface area (Å²) in [6.07, 6.45) is 2.83. The summed E-state index contributed by atoms with van der Waals surface area (Å²) in [5, 5.41) is 19.0. The lowest BCUT2D eigenvalue weighted by atomic mass is 10.3. The first kappa shape index (κ1) is 20.5. The predicted molar refractivity (Wildman–Crippen MR) is 103 cm³/mol. The van der Waals surface area contributed by atoms with Gasteiger partial charge in [0.2, 0.25) is 0 Å². The Bertz CT molecular complexity index is 927. The van der Waals surface area contributed by atoms with Gasteiger partial charge in [0.15, 0.2) is 5.96 Å². The maximum absolute atomic E-state index is 12.4. The molecule has 2 aromatic heterocycles. The van der Waals surface area contributed by atoms with E-state index in [1.54, 1.807) is 24.9 Å². The number of nitro groups is 1. The number of aryl methyl sites for hydroxylation is 2. The molecule has 0 unspecified atom stereocenters. The lowest BCUT2D eigenvalue weighted by Crippen LogP contribution is -2.38. The van der Waals surface area contributed by atoms with Crippen LogP contribution in [0.3, 0.4) is 0 Å². The molecular formula is C16H22N8O4. The average Bonchev–Trinajstić information content (AvgIpc) is 3.21. The molecule has 0 aromatic carbocycles. The fourth-order valence-electron chi connectivity index (χ4n) is 2.46. The third-order valence-corrected chi connectivity index (χ3v) is 3.89. The van der Waals surface area contributed by atoms with E-state index >= 15 is 0 Å². The van der Waals surface area contributed by atoms with Crippen molar-refractivity contribution in [3.63, 3.8) is 0 Å². The van der Waals surface area contributed by atoms with Gasteiger partial charge in [0, 0.05) is 46.5 Å². The molecule has 0 saturated heterocycles. The zero-order chi connectivity index (χ0) is 20.8. The molecule has 2 rings (SSSR count). The Morgan fingerprint density at radius 1 is 1.11 bits per heavy atom. The van der Waals surface area contributed by atoms with Gasteiger partial charge in [-0.05, 0) is 6.07 Å². The zero-order valence-corrected chi connectivity index (χ0v) is 15.7. The fraction of sp³-hybridized carbons (Fsp3) is 0.312. The number of nitrogens with zero attached hydrogens (tertiary/aromatic N) is 4. The van der Waals surface area contributed by atoms with Crippen LogP contribution in [0.25, 0.3) is 0 Å². The van der Waals surface area contributed by atoms with Gasteiger partial charge in [0.25, 0.3) is 17.5 Å². The average molecular weight is 390 g/mol. The molecule has 0 aliphatic carbocycles. The van der Waals surface area contributed by atoms with E-state index in [2.05, 4.69) is 20.9 Å². The number of aromatic nitrogens is 2. The summed E-state index contributed by atoms with van der Waals surface area (Å²) >= 11 is 0. The topological polar surface area (TPSA) is 162 Å². The molecule has 28 heavy (non-hydrogen) atoms. The second kappa shape index (κ2) is 8.70. The van der Waals surface area contributed by atoms with Crippen LogP contribution in [0.15, 0.2) is 29.5 Å². The van der Waals surface area contributed by atoms with Crippen molar-refractivity contribution in [2.75, 3.05) is 25.5 Å². The summed E-state index contributed by atoms with van der Waals surface area (Å²) < 4.78 is 2.93. The van der Waals surface area contributed by atoms with Gasteiger partial charge in [-0.3, -0.25) is 24.7 Å². The number of carbonyl (C=O) groups excluding carboxylic acids is 2. The van der Waals surface area contributed by atoms with Crippen LogP contribution >= 0.6 is 0 Å². The number of nitrogens with one attached hydrogen (secondary N) is 3. The number of carbonyl (C=O) groups is 2. The largest absolute Gasteiger partial charge is 0.370 e. The van der Waals surface area contributed by atoms with Crippen LogP contribution in [0, 0.1) is 10.1 Å². The maximum Gasteiger partial charge on any atom is 0.287 e. The van der Waals surface area contributed by atoms with E-state index in [9.17, 15) is 19.7 Å². The molecule has 0 radical (unpaired) electrons. The minimum Gasteiger partial charge on any atom is -0.370 e. The summed E-state index contributed by atoms with van der Waals surface area (Å²) in [5.74, 6) is -0.572. The van der Waals surface area contributed by atoms with Gasteiger partial charge in [-0.15, -0.1) is 0 Å². The first-order chi connectivity index (χ1) is 13.2. The van der Waals surface area contributed by atoms with Crippen molar-refractivity contribution in [3.8, 4) is 0 Å². The van der Waals surface area contributed by atoms with E-state index in [1.807, 2.05) is 0 Å². The van der Waals surface area contributed by atoms with Crippen LogP contribution in [0.4, 0.5) is 11.4 Å². The van der Waals surface area contributed by atoms with Crippen molar-refractivity contribution < 1.29 is 14.5 Å². The van der Waals surface area contributed by atoms with Crippen LogP contribution in [0.5, 0.6) is 0 Å². The van der Waals surface area contributed by atoms with Gasteiger partial charge in [0.1, 0.15) is 11.4 Å². The zero-order valence-electron chi connectivity index (χ0n) is 15.7. The molecule has 2 aromatic rings. The second-order valence-electron chi connectivity index (χ2n) is 5.92. The van der Waals surface area contributed by atoms with Crippen molar-refractivity contribution in [1.29, 1.82) is 0 Å². The highest BCUT2D eigenvalue weighted by Crippen LogP contribution is 2.18. The number of aliphatic imine (C=N–C) groups is 1. The van der Waals surface area contributed by atoms with Crippen LogP contribution in [0.1, 0.15) is 21.0 Å². The minimum absolute atomic E-state index is 0.128. The highest BCUT2D eigenvalue weighted by molar-refractivity contribution is 6.04. The van der Waals surface area contributed by atoms with Gasteiger partial charge in [-0.2, -0.15) is 0 Å². The highest BCUT2D eigenvalue weighted by atomic mass is 16.6. The van der Waals surface area contributed by atoms with Crippen LogP contribution in [-0.4, -0.2) is 52.0 Å².